The molecular formula is C11H15ClN2O2. The van der Waals surface area contributed by atoms with E-state index in [0.717, 1.165) is 25.9 Å². The third-order valence-corrected chi connectivity index (χ3v) is 2.74. The molecule has 5 heteroatoms. The van der Waals surface area contributed by atoms with E-state index in [1.807, 2.05) is 0 Å². The van der Waals surface area contributed by atoms with Crippen molar-refractivity contribution in [1.29, 1.82) is 0 Å². The lowest BCUT2D eigenvalue weighted by atomic mass is 10.1. The van der Waals surface area contributed by atoms with Gasteiger partial charge in [0.25, 0.3) is 5.88 Å². The summed E-state index contributed by atoms with van der Waals surface area (Å²) in [4.78, 5) is 4.05. The van der Waals surface area contributed by atoms with E-state index in [2.05, 4.69) is 10.3 Å². The molecule has 0 amide bonds. The minimum absolute atomic E-state index is 0.186. The van der Waals surface area contributed by atoms with Gasteiger partial charge in [0.2, 0.25) is 0 Å². The van der Waals surface area contributed by atoms with Gasteiger partial charge in [-0.15, -0.1) is 0 Å². The molecule has 0 aliphatic carbocycles. The monoisotopic (exact) mass is 242 g/mol. The highest BCUT2D eigenvalue weighted by Crippen LogP contribution is 2.28. The minimum atomic E-state index is 0.186. The molecule has 16 heavy (non-hydrogen) atoms. The Morgan fingerprint density at radius 1 is 1.50 bits per heavy atom. The van der Waals surface area contributed by atoms with Crippen LogP contribution in [0.4, 0.5) is 0 Å². The average molecular weight is 243 g/mol. The van der Waals surface area contributed by atoms with E-state index in [0.29, 0.717) is 16.8 Å². The summed E-state index contributed by atoms with van der Waals surface area (Å²) in [5.74, 6) is 1.10. The van der Waals surface area contributed by atoms with E-state index in [-0.39, 0.29) is 6.10 Å². The first kappa shape index (κ1) is 11.5. The second kappa shape index (κ2) is 5.37. The van der Waals surface area contributed by atoms with Gasteiger partial charge >= 0.3 is 0 Å². The Morgan fingerprint density at radius 3 is 3.06 bits per heavy atom. The van der Waals surface area contributed by atoms with Crippen LogP contribution >= 0.6 is 11.6 Å². The number of ether oxygens (including phenoxy) is 2. The van der Waals surface area contributed by atoms with Crippen molar-refractivity contribution in [1.82, 2.24) is 10.3 Å². The largest absolute Gasteiger partial charge is 0.483 e. The molecule has 88 valence electrons. The van der Waals surface area contributed by atoms with Crippen LogP contribution in [0.15, 0.2) is 12.1 Å². The number of nitrogens with one attached hydrogen (secondary N) is 1. The maximum Gasteiger partial charge on any atom is 0.258 e. The molecular weight excluding hydrogens is 228 g/mol. The molecule has 1 aromatic heterocycles. The Bertz CT molecular complexity index is 354. The maximum absolute atomic E-state index is 5.82. The van der Waals surface area contributed by atoms with Crippen LogP contribution < -0.4 is 14.8 Å². The topological polar surface area (TPSA) is 43.4 Å². The molecule has 1 N–H and O–H groups in total. The molecule has 4 nitrogen and oxygen atoms in total. The van der Waals surface area contributed by atoms with Crippen molar-refractivity contribution >= 4 is 11.6 Å². The minimum Gasteiger partial charge on any atom is -0.483 e. The smallest absolute Gasteiger partial charge is 0.258 e. The van der Waals surface area contributed by atoms with Gasteiger partial charge in [-0.3, -0.25) is 0 Å². The first-order valence-electron chi connectivity index (χ1n) is 5.37. The number of pyridine rings is 1. The van der Waals surface area contributed by atoms with Gasteiger partial charge in [0.1, 0.15) is 11.3 Å². The van der Waals surface area contributed by atoms with Crippen LogP contribution in [-0.4, -0.2) is 31.3 Å². The van der Waals surface area contributed by atoms with Crippen LogP contribution in [0, 0.1) is 0 Å². The van der Waals surface area contributed by atoms with E-state index >= 15 is 0 Å². The van der Waals surface area contributed by atoms with Crippen molar-refractivity contribution in [2.75, 3.05) is 20.2 Å². The predicted molar refractivity (Wildman–Crippen MR) is 62.3 cm³/mol. The summed E-state index contributed by atoms with van der Waals surface area (Å²) in [5, 5.41) is 3.70. The van der Waals surface area contributed by atoms with Crippen LogP contribution in [0.5, 0.6) is 11.6 Å². The first-order chi connectivity index (χ1) is 7.79. The van der Waals surface area contributed by atoms with Crippen LogP contribution in [0.2, 0.25) is 5.15 Å². The summed E-state index contributed by atoms with van der Waals surface area (Å²) in [5.41, 5.74) is 0. The summed E-state index contributed by atoms with van der Waals surface area (Å²) in [6.45, 7) is 1.93. The van der Waals surface area contributed by atoms with E-state index in [1.165, 1.54) is 0 Å². The quantitative estimate of drug-likeness (QED) is 0.822. The molecule has 1 unspecified atom stereocenters. The highest BCUT2D eigenvalue weighted by molar-refractivity contribution is 6.29. The number of hydrogen-bond acceptors (Lipinski definition) is 4. The van der Waals surface area contributed by atoms with Gasteiger partial charge in [-0.05, 0) is 31.5 Å². The van der Waals surface area contributed by atoms with Crippen molar-refractivity contribution in [2.45, 2.75) is 18.9 Å². The summed E-state index contributed by atoms with van der Waals surface area (Å²) in [6, 6.07) is 3.50. The Balaban J connectivity index is 2.07. The van der Waals surface area contributed by atoms with Gasteiger partial charge in [0, 0.05) is 6.54 Å². The van der Waals surface area contributed by atoms with Crippen molar-refractivity contribution in [3.8, 4) is 11.6 Å². The van der Waals surface area contributed by atoms with Gasteiger partial charge in [-0.25, -0.2) is 0 Å². The molecule has 2 heterocycles. The van der Waals surface area contributed by atoms with E-state index in [9.17, 15) is 0 Å². The summed E-state index contributed by atoms with van der Waals surface area (Å²) in [6.07, 6.45) is 2.37. The number of hydrogen-bond donors (Lipinski definition) is 1. The fourth-order valence-electron chi connectivity index (χ4n) is 1.74. The lowest BCUT2D eigenvalue weighted by Crippen LogP contribution is -2.37. The van der Waals surface area contributed by atoms with Crippen LogP contribution in [0.25, 0.3) is 0 Å². The Hall–Kier alpha value is -1.00. The van der Waals surface area contributed by atoms with Crippen molar-refractivity contribution < 1.29 is 9.47 Å². The van der Waals surface area contributed by atoms with Gasteiger partial charge in [0.15, 0.2) is 5.75 Å². The highest BCUT2D eigenvalue weighted by Gasteiger charge is 2.17. The first-order valence-corrected chi connectivity index (χ1v) is 5.75. The molecule has 0 radical (unpaired) electrons. The molecule has 1 aliphatic heterocycles. The lowest BCUT2D eigenvalue weighted by molar-refractivity contribution is 0.160. The molecule has 2 rings (SSSR count). The average Bonchev–Trinajstić information content (AvgIpc) is 2.33. The van der Waals surface area contributed by atoms with E-state index in [4.69, 9.17) is 21.1 Å². The Labute approximate surface area is 99.9 Å². The molecule has 1 atom stereocenters. The maximum atomic E-state index is 5.82. The van der Waals surface area contributed by atoms with Crippen molar-refractivity contribution in [3.63, 3.8) is 0 Å². The van der Waals surface area contributed by atoms with Crippen LogP contribution in [0.1, 0.15) is 12.8 Å². The van der Waals surface area contributed by atoms with Gasteiger partial charge in [-0.1, -0.05) is 11.6 Å². The fraction of sp³-hybridized carbons (Fsp3) is 0.545. The van der Waals surface area contributed by atoms with Crippen LogP contribution in [-0.2, 0) is 0 Å². The van der Waals surface area contributed by atoms with E-state index < -0.39 is 0 Å². The highest BCUT2D eigenvalue weighted by atomic mass is 35.5. The zero-order chi connectivity index (χ0) is 11.4. The molecule has 0 saturated carbocycles. The molecule has 1 saturated heterocycles. The molecule has 0 aromatic carbocycles. The third-order valence-electron chi connectivity index (χ3n) is 2.53. The van der Waals surface area contributed by atoms with Gasteiger partial charge < -0.3 is 14.8 Å². The number of aromatic nitrogens is 1. The molecule has 1 fully saturated rings. The SMILES string of the molecule is COc1nc(Cl)ccc1OC1CCCNC1. The van der Waals surface area contributed by atoms with Crippen molar-refractivity contribution in [2.24, 2.45) is 0 Å². The second-order valence-corrected chi connectivity index (χ2v) is 4.11. The number of methoxy groups -OCH3 is 1. The van der Waals surface area contributed by atoms with Crippen molar-refractivity contribution in [3.05, 3.63) is 17.3 Å². The zero-order valence-corrected chi connectivity index (χ0v) is 9.96. The fourth-order valence-corrected chi connectivity index (χ4v) is 1.88. The van der Waals surface area contributed by atoms with Gasteiger partial charge in [0.05, 0.1) is 7.11 Å². The third kappa shape index (κ3) is 2.77. The van der Waals surface area contributed by atoms with Gasteiger partial charge in [-0.2, -0.15) is 4.98 Å². The Morgan fingerprint density at radius 2 is 2.38 bits per heavy atom. The summed E-state index contributed by atoms with van der Waals surface area (Å²) >= 11 is 5.78. The summed E-state index contributed by atoms with van der Waals surface area (Å²) in [7, 11) is 1.56. The molecule has 0 bridgehead atoms. The standard InChI is InChI=1S/C11H15ClN2O2/c1-15-11-9(4-5-10(12)14-11)16-8-3-2-6-13-7-8/h4-5,8,13H,2-3,6-7H2,1H3. The normalized spacial score (nSPS) is 20.5. The number of halogens is 1. The molecule has 1 aromatic rings. The Kier molecular flexibility index (Phi) is 3.85. The van der Waals surface area contributed by atoms with Crippen LogP contribution in [0.3, 0.4) is 0 Å². The molecule has 0 spiro atoms. The number of nitrogens with zero attached hydrogens (tertiary/aromatic N) is 1. The number of rotatable bonds is 3. The molecule has 1 aliphatic rings. The van der Waals surface area contributed by atoms with E-state index in [1.54, 1.807) is 19.2 Å². The zero-order valence-electron chi connectivity index (χ0n) is 9.20. The lowest BCUT2D eigenvalue weighted by Gasteiger charge is -2.24. The summed E-state index contributed by atoms with van der Waals surface area (Å²) < 4.78 is 11.0. The predicted octanol–water partition coefficient (Wildman–Crippen LogP) is 1.87. The second-order valence-electron chi connectivity index (χ2n) is 3.73. The number of piperidine rings is 1.